The number of carbonyl (C=O) groups is 2. The van der Waals surface area contributed by atoms with Crippen LogP contribution in [-0.2, 0) is 4.79 Å². The third-order valence-electron chi connectivity index (χ3n) is 4.83. The minimum atomic E-state index is -0.340. The molecule has 1 saturated heterocycles. The summed E-state index contributed by atoms with van der Waals surface area (Å²) in [7, 11) is 1.60. The van der Waals surface area contributed by atoms with E-state index in [1.807, 2.05) is 24.0 Å². The van der Waals surface area contributed by atoms with Crippen LogP contribution in [0.15, 0.2) is 42.6 Å². The maximum atomic E-state index is 12.2. The fraction of sp³-hybridized carbons (Fsp3) is 0.381. The molecule has 29 heavy (non-hydrogen) atoms. The van der Waals surface area contributed by atoms with E-state index in [2.05, 4.69) is 20.5 Å². The molecule has 1 aliphatic heterocycles. The van der Waals surface area contributed by atoms with Gasteiger partial charge in [-0.1, -0.05) is 6.92 Å². The first-order valence-electron chi connectivity index (χ1n) is 9.80. The van der Waals surface area contributed by atoms with E-state index in [1.165, 1.54) is 0 Å². The number of nitrogens with one attached hydrogen (secondary N) is 2. The highest BCUT2D eigenvalue weighted by Crippen LogP contribution is 2.18. The highest BCUT2D eigenvalue weighted by atomic mass is 16.5. The van der Waals surface area contributed by atoms with E-state index in [4.69, 9.17) is 4.74 Å². The van der Waals surface area contributed by atoms with Gasteiger partial charge in [0.15, 0.2) is 0 Å². The van der Waals surface area contributed by atoms with Crippen LogP contribution < -0.4 is 20.3 Å². The van der Waals surface area contributed by atoms with E-state index in [9.17, 15) is 9.59 Å². The van der Waals surface area contributed by atoms with Crippen LogP contribution in [0, 0.1) is 0 Å². The molecule has 154 valence electrons. The Labute approximate surface area is 170 Å². The molecule has 3 rings (SSSR count). The molecule has 0 aliphatic carbocycles. The molecule has 8 heteroatoms. The van der Waals surface area contributed by atoms with Gasteiger partial charge >= 0.3 is 6.03 Å². The van der Waals surface area contributed by atoms with Crippen LogP contribution in [-0.4, -0.2) is 55.1 Å². The molecule has 8 nitrogen and oxygen atoms in total. The van der Waals surface area contributed by atoms with Crippen LogP contribution in [0.2, 0.25) is 0 Å². The van der Waals surface area contributed by atoms with Gasteiger partial charge in [-0.15, -0.1) is 0 Å². The Morgan fingerprint density at radius 3 is 2.38 bits per heavy atom. The second-order valence-corrected chi connectivity index (χ2v) is 6.79. The number of urea groups is 1. The fourth-order valence-electron chi connectivity index (χ4n) is 3.23. The van der Waals surface area contributed by atoms with Gasteiger partial charge in [0.1, 0.15) is 11.6 Å². The first-order chi connectivity index (χ1) is 14.1. The normalized spacial score (nSPS) is 14.1. The van der Waals surface area contributed by atoms with Gasteiger partial charge in [0.05, 0.1) is 19.0 Å². The van der Waals surface area contributed by atoms with Crippen LogP contribution in [0.1, 0.15) is 19.8 Å². The van der Waals surface area contributed by atoms with Gasteiger partial charge in [-0.3, -0.25) is 4.79 Å². The molecule has 0 saturated carbocycles. The lowest BCUT2D eigenvalue weighted by atomic mass is 10.3. The number of aromatic nitrogens is 1. The largest absolute Gasteiger partial charge is 0.497 e. The second kappa shape index (κ2) is 9.77. The molecule has 1 aromatic heterocycles. The third-order valence-corrected chi connectivity index (χ3v) is 4.83. The molecule has 0 bridgehead atoms. The molecule has 0 spiro atoms. The number of hydrogen-bond acceptors (Lipinski definition) is 5. The van der Waals surface area contributed by atoms with Crippen molar-refractivity contribution in [2.24, 2.45) is 0 Å². The second-order valence-electron chi connectivity index (χ2n) is 6.79. The van der Waals surface area contributed by atoms with Gasteiger partial charge in [-0.05, 0) is 42.8 Å². The predicted octanol–water partition coefficient (Wildman–Crippen LogP) is 3.18. The molecule has 2 heterocycles. The van der Waals surface area contributed by atoms with Crippen molar-refractivity contribution in [2.75, 3.05) is 48.8 Å². The van der Waals surface area contributed by atoms with Gasteiger partial charge in [0.25, 0.3) is 0 Å². The summed E-state index contributed by atoms with van der Waals surface area (Å²) in [6.07, 6.45) is 3.09. The lowest BCUT2D eigenvalue weighted by Crippen LogP contribution is -2.34. The molecule has 2 aromatic rings. The van der Waals surface area contributed by atoms with Crippen LogP contribution in [0.3, 0.4) is 0 Å². The number of benzene rings is 1. The van der Waals surface area contributed by atoms with Crippen molar-refractivity contribution in [3.63, 3.8) is 0 Å². The lowest BCUT2D eigenvalue weighted by molar-refractivity contribution is -0.130. The molecular formula is C21H27N5O3. The summed E-state index contributed by atoms with van der Waals surface area (Å²) in [4.78, 5) is 32.6. The average Bonchev–Trinajstić information content (AvgIpc) is 3.00. The number of ether oxygens (including phenoxy) is 1. The maximum absolute atomic E-state index is 12.2. The highest BCUT2D eigenvalue weighted by Gasteiger charge is 2.18. The zero-order chi connectivity index (χ0) is 20.6. The highest BCUT2D eigenvalue weighted by molar-refractivity contribution is 5.99. The topological polar surface area (TPSA) is 86.8 Å². The Balaban J connectivity index is 1.54. The molecule has 1 aliphatic rings. The van der Waals surface area contributed by atoms with Gasteiger partial charge < -0.3 is 25.2 Å². The molecule has 0 unspecified atom stereocenters. The quantitative estimate of drug-likeness (QED) is 0.809. The van der Waals surface area contributed by atoms with Gasteiger partial charge in [-0.25, -0.2) is 9.78 Å². The van der Waals surface area contributed by atoms with Crippen LogP contribution >= 0.6 is 0 Å². The smallest absolute Gasteiger partial charge is 0.323 e. The molecule has 3 amide bonds. The number of amides is 3. The van der Waals surface area contributed by atoms with Crippen molar-refractivity contribution < 1.29 is 14.3 Å². The Morgan fingerprint density at radius 2 is 1.72 bits per heavy atom. The first kappa shape index (κ1) is 20.4. The summed E-state index contributed by atoms with van der Waals surface area (Å²) in [6, 6.07) is 10.5. The summed E-state index contributed by atoms with van der Waals surface area (Å²) in [5, 5.41) is 5.54. The number of carbonyl (C=O) groups excluding carboxylic acids is 2. The maximum Gasteiger partial charge on any atom is 0.323 e. The summed E-state index contributed by atoms with van der Waals surface area (Å²) >= 11 is 0. The van der Waals surface area contributed by atoms with Crippen LogP contribution in [0.4, 0.5) is 22.0 Å². The standard InChI is InChI=1S/C21H27N5O3/c1-3-20(27)26-12-4-11-25(13-14-26)19-10-7-17(15-22-19)24-21(28)23-16-5-8-18(29-2)9-6-16/h5-10,15H,3-4,11-14H2,1-2H3,(H2,23,24,28). The Morgan fingerprint density at radius 1 is 1.00 bits per heavy atom. The van der Waals surface area contributed by atoms with Crippen molar-refractivity contribution in [1.82, 2.24) is 9.88 Å². The number of hydrogen-bond donors (Lipinski definition) is 2. The molecule has 1 aromatic carbocycles. The summed E-state index contributed by atoms with van der Waals surface area (Å²) in [6.45, 7) is 4.99. The Kier molecular flexibility index (Phi) is 6.89. The zero-order valence-corrected chi connectivity index (χ0v) is 16.9. The molecular weight excluding hydrogens is 370 g/mol. The summed E-state index contributed by atoms with van der Waals surface area (Å²) in [5.74, 6) is 1.77. The zero-order valence-electron chi connectivity index (χ0n) is 16.9. The van der Waals surface area contributed by atoms with E-state index in [0.29, 0.717) is 24.3 Å². The lowest BCUT2D eigenvalue weighted by Gasteiger charge is -2.22. The van der Waals surface area contributed by atoms with E-state index in [1.54, 1.807) is 37.6 Å². The van der Waals surface area contributed by atoms with Crippen LogP contribution in [0.25, 0.3) is 0 Å². The third kappa shape index (κ3) is 5.60. The van der Waals surface area contributed by atoms with Crippen molar-refractivity contribution in [2.45, 2.75) is 19.8 Å². The predicted molar refractivity (Wildman–Crippen MR) is 114 cm³/mol. The average molecular weight is 397 g/mol. The van der Waals surface area contributed by atoms with Gasteiger partial charge in [0, 0.05) is 38.3 Å². The number of rotatable bonds is 5. The Hall–Kier alpha value is -3.29. The Bertz CT molecular complexity index is 823. The van der Waals surface area contributed by atoms with Gasteiger partial charge in [-0.2, -0.15) is 0 Å². The minimum absolute atomic E-state index is 0.197. The number of pyridine rings is 1. The number of nitrogens with zero attached hydrogens (tertiary/aromatic N) is 3. The van der Waals surface area contributed by atoms with Crippen LogP contribution in [0.5, 0.6) is 5.75 Å². The van der Waals surface area contributed by atoms with Crippen molar-refractivity contribution in [3.05, 3.63) is 42.6 Å². The molecule has 0 radical (unpaired) electrons. The fourth-order valence-corrected chi connectivity index (χ4v) is 3.23. The van der Waals surface area contributed by atoms with E-state index >= 15 is 0 Å². The van der Waals surface area contributed by atoms with E-state index < -0.39 is 0 Å². The minimum Gasteiger partial charge on any atom is -0.497 e. The number of anilines is 3. The van der Waals surface area contributed by atoms with Gasteiger partial charge in [0.2, 0.25) is 5.91 Å². The monoisotopic (exact) mass is 397 g/mol. The van der Waals surface area contributed by atoms with E-state index in [0.717, 1.165) is 37.6 Å². The van der Waals surface area contributed by atoms with Crippen molar-refractivity contribution in [1.29, 1.82) is 0 Å². The molecule has 0 atom stereocenters. The SMILES string of the molecule is CCC(=O)N1CCCN(c2ccc(NC(=O)Nc3ccc(OC)cc3)cn2)CC1. The van der Waals surface area contributed by atoms with Crippen molar-refractivity contribution >= 4 is 29.1 Å². The van der Waals surface area contributed by atoms with E-state index in [-0.39, 0.29) is 11.9 Å². The van der Waals surface area contributed by atoms with Crippen molar-refractivity contribution in [3.8, 4) is 5.75 Å². The molecule has 2 N–H and O–H groups in total. The first-order valence-corrected chi connectivity index (χ1v) is 9.80. The molecule has 1 fully saturated rings. The summed E-state index contributed by atoms with van der Waals surface area (Å²) in [5.41, 5.74) is 1.28. The number of methoxy groups -OCH3 is 1. The summed E-state index contributed by atoms with van der Waals surface area (Å²) < 4.78 is 5.10.